The fourth-order valence-corrected chi connectivity index (χ4v) is 10.1. The maximum atomic E-state index is 14.6. The van der Waals surface area contributed by atoms with E-state index in [0.717, 1.165) is 35.7 Å². The van der Waals surface area contributed by atoms with Gasteiger partial charge in [-0.15, -0.1) is 0 Å². The number of fused-ring (bicyclic) bond motifs is 1. The molecule has 3 heterocycles. The minimum atomic E-state index is -0.968. The number of likely N-dealkylation sites (N-methyl/N-ethyl adjacent to an activating group) is 2. The van der Waals surface area contributed by atoms with Crippen LogP contribution in [-0.4, -0.2) is 156 Å². The Balaban J connectivity index is 1.40. The first kappa shape index (κ1) is 55.5. The van der Waals surface area contributed by atoms with Crippen molar-refractivity contribution in [1.29, 1.82) is 0 Å². The smallest absolute Gasteiger partial charge is 0.253 e. The second-order valence-electron chi connectivity index (χ2n) is 19.6. The number of benzene rings is 1. The van der Waals surface area contributed by atoms with E-state index in [2.05, 4.69) is 15.6 Å². The molecule has 2 aromatic rings. The third kappa shape index (κ3) is 14.0. The van der Waals surface area contributed by atoms with Gasteiger partial charge in [-0.2, -0.15) is 0 Å². The molecule has 5 N–H and O–H groups in total. The molecule has 68 heavy (non-hydrogen) atoms. The molecule has 17 heteroatoms. The van der Waals surface area contributed by atoms with Crippen LogP contribution in [0, 0.1) is 23.7 Å². The minimum absolute atomic E-state index is 0.0321. The van der Waals surface area contributed by atoms with E-state index in [0.29, 0.717) is 45.3 Å². The lowest BCUT2D eigenvalue weighted by atomic mass is 9.89. The van der Waals surface area contributed by atoms with E-state index in [1.165, 1.54) is 24.2 Å². The van der Waals surface area contributed by atoms with Crippen LogP contribution in [0.3, 0.4) is 0 Å². The highest BCUT2D eigenvalue weighted by atomic mass is 16.5. The number of H-pyrrole nitrogens is 1. The Morgan fingerprint density at radius 1 is 0.882 bits per heavy atom. The zero-order valence-electron chi connectivity index (χ0n) is 42.4. The number of ether oxygens (including phenoxy) is 2. The number of imide groups is 1. The zero-order chi connectivity index (χ0) is 50.4. The summed E-state index contributed by atoms with van der Waals surface area (Å²) in [6, 6.07) is 4.43. The number of nitrogens with two attached hydrogens (primary N) is 1. The Labute approximate surface area is 403 Å². The maximum absolute atomic E-state index is 14.6. The molecular formula is C51H80N8O9. The van der Waals surface area contributed by atoms with Crippen molar-refractivity contribution in [1.82, 2.24) is 35.2 Å². The summed E-state index contributed by atoms with van der Waals surface area (Å²) in [7, 11) is 6.69. The lowest BCUT2D eigenvalue weighted by Crippen LogP contribution is -2.60. The molecule has 1 fully saturated rings. The molecule has 0 radical (unpaired) electrons. The van der Waals surface area contributed by atoms with Gasteiger partial charge in [0.15, 0.2) is 0 Å². The van der Waals surface area contributed by atoms with Crippen molar-refractivity contribution >= 4 is 52.3 Å². The molecule has 1 saturated heterocycles. The number of primary amides is 1. The topological polar surface area (TPSA) is 217 Å². The molecule has 0 bridgehead atoms. The summed E-state index contributed by atoms with van der Waals surface area (Å²) in [4.78, 5) is 103. The third-order valence-corrected chi connectivity index (χ3v) is 14.2. The number of nitrogens with one attached hydrogen (secondary N) is 3. The summed E-state index contributed by atoms with van der Waals surface area (Å²) in [6.07, 6.45) is 8.42. The van der Waals surface area contributed by atoms with Crippen LogP contribution < -0.4 is 16.4 Å². The van der Waals surface area contributed by atoms with Gasteiger partial charge < -0.3 is 40.6 Å². The van der Waals surface area contributed by atoms with Crippen molar-refractivity contribution in [2.24, 2.45) is 29.4 Å². The average Bonchev–Trinajstić information content (AvgIpc) is 4.04. The first-order valence-electron chi connectivity index (χ1n) is 24.6. The highest BCUT2D eigenvalue weighted by Crippen LogP contribution is 2.30. The van der Waals surface area contributed by atoms with E-state index in [-0.39, 0.29) is 60.1 Å². The molecule has 1 aromatic heterocycles. The van der Waals surface area contributed by atoms with Gasteiger partial charge in [0.25, 0.3) is 11.8 Å². The van der Waals surface area contributed by atoms with Gasteiger partial charge in [0.05, 0.1) is 42.7 Å². The molecule has 17 nitrogen and oxygen atoms in total. The molecule has 7 amide bonds. The quantitative estimate of drug-likeness (QED) is 0.0705. The number of aromatic nitrogens is 1. The normalized spacial score (nSPS) is 18.8. The van der Waals surface area contributed by atoms with E-state index in [1.54, 1.807) is 30.9 Å². The second kappa shape index (κ2) is 26.0. The Hall–Kier alpha value is -5.13. The molecule has 1 aromatic carbocycles. The number of methoxy groups -OCH3 is 2. The lowest BCUT2D eigenvalue weighted by Gasteiger charge is -2.41. The summed E-state index contributed by atoms with van der Waals surface area (Å²) in [5.41, 5.74) is 7.56. The summed E-state index contributed by atoms with van der Waals surface area (Å²) < 4.78 is 12.1. The molecule has 0 saturated carbocycles. The van der Waals surface area contributed by atoms with Gasteiger partial charge in [-0.25, -0.2) is 0 Å². The van der Waals surface area contributed by atoms with E-state index in [9.17, 15) is 33.6 Å². The third-order valence-electron chi connectivity index (χ3n) is 14.2. The molecule has 0 unspecified atom stereocenters. The number of carbonyl (C=O) groups excluding carboxylic acids is 7. The van der Waals surface area contributed by atoms with Crippen molar-refractivity contribution in [3.8, 4) is 0 Å². The van der Waals surface area contributed by atoms with Gasteiger partial charge in [-0.3, -0.25) is 43.4 Å². The number of nitrogens with zero attached hydrogens (tertiary/aromatic N) is 4. The number of hydrogen-bond donors (Lipinski definition) is 4. The van der Waals surface area contributed by atoms with E-state index in [4.69, 9.17) is 15.2 Å². The van der Waals surface area contributed by atoms with Crippen molar-refractivity contribution < 1.29 is 43.0 Å². The minimum Gasteiger partial charge on any atom is -0.379 e. The van der Waals surface area contributed by atoms with E-state index in [1.807, 2.05) is 84.0 Å². The summed E-state index contributed by atoms with van der Waals surface area (Å²) in [5, 5.41) is 6.90. The summed E-state index contributed by atoms with van der Waals surface area (Å²) >= 11 is 0. The monoisotopic (exact) mass is 949 g/mol. The van der Waals surface area contributed by atoms with Crippen LogP contribution >= 0.6 is 0 Å². The Bertz CT molecular complexity index is 2050. The molecular weight excluding hydrogens is 869 g/mol. The number of para-hydroxylation sites is 1. The zero-order valence-corrected chi connectivity index (χ0v) is 42.4. The molecule has 9 atom stereocenters. The van der Waals surface area contributed by atoms with Gasteiger partial charge >= 0.3 is 0 Å². The molecule has 2 aliphatic rings. The first-order chi connectivity index (χ1) is 32.3. The van der Waals surface area contributed by atoms with Gasteiger partial charge in [0.1, 0.15) is 12.1 Å². The van der Waals surface area contributed by atoms with E-state index >= 15 is 0 Å². The van der Waals surface area contributed by atoms with Crippen LogP contribution in [0.2, 0.25) is 0 Å². The standard InChI is InChI=1S/C51H80N8O9/c1-12-33(6)46(57(9)51(66)44(31(2)3)55-50(65)45(32(4)5)56(8)25-17-13-14-18-26-59-41(60)23-24-42(59)61)40(67-10)29-43(62)58-27-19-22-39(58)47(68-11)34(7)49(64)54-38(48(52)63)28-35-30-53-37-21-16-15-20-36(35)37/h15-16,20-21,23-24,30-34,38-40,44-47,53H,12-14,17-19,22,25-29H2,1-11H3,(H2,52,63)(H,54,64)(H,55,65)/t33-,34+,38-,39-,40+,44-,45-,46-,47+/m0/s1. The predicted octanol–water partition coefficient (Wildman–Crippen LogP) is 4.18. The van der Waals surface area contributed by atoms with Gasteiger partial charge in [-0.05, 0) is 68.7 Å². The molecule has 0 aliphatic carbocycles. The predicted molar refractivity (Wildman–Crippen MR) is 262 cm³/mol. The number of aromatic amines is 1. The molecule has 378 valence electrons. The maximum Gasteiger partial charge on any atom is 0.253 e. The molecule has 0 spiro atoms. The SMILES string of the molecule is CC[C@H](C)[C@@H]([C@@H](CC(=O)N1CCC[C@H]1[C@H](OC)[C@@H](C)C(=O)N[C@@H](Cc1c[nH]c2ccccc12)C(N)=O)OC)N(C)C(=O)[C@@H](NC(=O)[C@H](C(C)C)N(C)CCCCCCN1C(=O)C=CC1=O)C(C)C. The number of rotatable bonds is 28. The van der Waals surface area contributed by atoms with Crippen LogP contribution in [0.25, 0.3) is 10.9 Å². The number of unbranched alkanes of at least 4 members (excludes halogenated alkanes) is 3. The summed E-state index contributed by atoms with van der Waals surface area (Å²) in [6.45, 7) is 15.0. The number of likely N-dealkylation sites (tertiary alicyclic amines) is 1. The number of carbonyl (C=O) groups is 7. The lowest BCUT2D eigenvalue weighted by molar-refractivity contribution is -0.148. The van der Waals surface area contributed by atoms with Crippen LogP contribution in [0.4, 0.5) is 0 Å². The highest BCUT2D eigenvalue weighted by molar-refractivity contribution is 6.12. The van der Waals surface area contributed by atoms with Crippen LogP contribution in [0.1, 0.15) is 105 Å². The van der Waals surface area contributed by atoms with Gasteiger partial charge in [-0.1, -0.05) is 85.9 Å². The molecule has 4 rings (SSSR count). The average molecular weight is 949 g/mol. The van der Waals surface area contributed by atoms with E-state index < -0.39 is 60.1 Å². The van der Waals surface area contributed by atoms with Crippen molar-refractivity contribution in [3.63, 3.8) is 0 Å². The first-order valence-corrected chi connectivity index (χ1v) is 24.6. The highest BCUT2D eigenvalue weighted by Gasteiger charge is 2.43. The van der Waals surface area contributed by atoms with Gasteiger partial charge in [0, 0.05) is 70.0 Å². The largest absolute Gasteiger partial charge is 0.379 e. The Morgan fingerprint density at radius 2 is 1.54 bits per heavy atom. The fourth-order valence-electron chi connectivity index (χ4n) is 10.1. The number of amides is 7. The Morgan fingerprint density at radius 3 is 2.15 bits per heavy atom. The van der Waals surface area contributed by atoms with Crippen molar-refractivity contribution in [2.75, 3.05) is 47.9 Å². The van der Waals surface area contributed by atoms with Crippen LogP contribution in [-0.2, 0) is 49.5 Å². The molecule has 2 aliphatic heterocycles. The van der Waals surface area contributed by atoms with Crippen molar-refractivity contribution in [2.45, 2.75) is 149 Å². The van der Waals surface area contributed by atoms with Crippen LogP contribution in [0.15, 0.2) is 42.6 Å². The van der Waals surface area contributed by atoms with Crippen molar-refractivity contribution in [3.05, 3.63) is 48.2 Å². The summed E-state index contributed by atoms with van der Waals surface area (Å²) in [5.74, 6) is -3.46. The second-order valence-corrected chi connectivity index (χ2v) is 19.6. The van der Waals surface area contributed by atoms with Crippen LogP contribution in [0.5, 0.6) is 0 Å². The fraction of sp³-hybridized carbons (Fsp3) is 0.667. The number of hydrogen-bond acceptors (Lipinski definition) is 10. The Kier molecular flexibility index (Phi) is 21.2. The van der Waals surface area contributed by atoms with Gasteiger partial charge in [0.2, 0.25) is 29.5 Å².